The van der Waals surface area contributed by atoms with Crippen molar-refractivity contribution in [2.75, 3.05) is 13.2 Å². The predicted octanol–water partition coefficient (Wildman–Crippen LogP) is 6.48. The van der Waals surface area contributed by atoms with E-state index in [9.17, 15) is 9.59 Å². The molecule has 0 unspecified atom stereocenters. The van der Waals surface area contributed by atoms with Gasteiger partial charge in [0.05, 0.1) is 5.52 Å². The first-order valence-corrected chi connectivity index (χ1v) is 15.6. The number of aromatic nitrogens is 1. The zero-order valence-corrected chi connectivity index (χ0v) is 25.1. The molecule has 41 heavy (non-hydrogen) atoms. The Labute approximate surface area is 241 Å². The van der Waals surface area contributed by atoms with E-state index in [1.807, 2.05) is 12.1 Å². The van der Waals surface area contributed by atoms with Crippen molar-refractivity contribution < 1.29 is 23.1 Å². The monoisotopic (exact) mass is 571 g/mol. The molecule has 4 rings (SSSR count). The van der Waals surface area contributed by atoms with Crippen LogP contribution in [0.4, 0.5) is 4.79 Å². The lowest BCUT2D eigenvalue weighted by Crippen LogP contribution is -2.66. The fourth-order valence-corrected chi connectivity index (χ4v) is 9.55. The SMILES string of the molecule is C=C(C)COC(=O)O/C(=C\CCCO[Si](c1ccccc1)(c1ccccc1)C(C)(C)C)n1c(=O)oc2ccccc21. The zero-order valence-electron chi connectivity index (χ0n) is 24.1. The molecule has 0 spiro atoms. The smallest absolute Gasteiger partial charge is 0.429 e. The summed E-state index contributed by atoms with van der Waals surface area (Å²) in [6.07, 6.45) is 1.87. The van der Waals surface area contributed by atoms with Crippen LogP contribution in [0.15, 0.2) is 112 Å². The summed E-state index contributed by atoms with van der Waals surface area (Å²) in [5, 5.41) is 2.26. The van der Waals surface area contributed by atoms with E-state index in [1.165, 1.54) is 14.9 Å². The number of nitrogens with zero attached hydrogens (tertiary/aromatic N) is 1. The third-order valence-corrected chi connectivity index (χ3v) is 11.8. The molecular formula is C33H37NO6Si. The predicted molar refractivity (Wildman–Crippen MR) is 165 cm³/mol. The lowest BCUT2D eigenvalue weighted by molar-refractivity contribution is 0.0950. The van der Waals surface area contributed by atoms with E-state index in [0.717, 1.165) is 0 Å². The molecule has 7 nitrogen and oxygen atoms in total. The van der Waals surface area contributed by atoms with Crippen LogP contribution in [-0.4, -0.2) is 32.3 Å². The first-order chi connectivity index (χ1) is 19.6. The number of ether oxygens (including phenoxy) is 2. The van der Waals surface area contributed by atoms with Gasteiger partial charge in [-0.05, 0) is 59.0 Å². The van der Waals surface area contributed by atoms with Crippen molar-refractivity contribution in [2.45, 2.75) is 45.6 Å². The van der Waals surface area contributed by atoms with Crippen LogP contribution < -0.4 is 16.1 Å². The number of carbonyl (C=O) groups is 1. The van der Waals surface area contributed by atoms with Gasteiger partial charge in [0, 0.05) is 6.61 Å². The Kier molecular flexibility index (Phi) is 9.47. The molecule has 0 bridgehead atoms. The molecular weight excluding hydrogens is 534 g/mol. The lowest BCUT2D eigenvalue weighted by Gasteiger charge is -2.43. The number of oxazole rings is 1. The normalized spacial score (nSPS) is 12.3. The number of benzene rings is 3. The summed E-state index contributed by atoms with van der Waals surface area (Å²) in [4.78, 5) is 25.2. The molecule has 8 heteroatoms. The fourth-order valence-electron chi connectivity index (χ4n) is 4.95. The lowest BCUT2D eigenvalue weighted by atomic mass is 10.2. The van der Waals surface area contributed by atoms with Crippen molar-refractivity contribution in [1.29, 1.82) is 0 Å². The van der Waals surface area contributed by atoms with Gasteiger partial charge >= 0.3 is 11.9 Å². The van der Waals surface area contributed by atoms with E-state index in [-0.39, 0.29) is 17.5 Å². The van der Waals surface area contributed by atoms with Crippen LogP contribution in [0.5, 0.6) is 0 Å². The molecule has 214 valence electrons. The molecule has 0 aliphatic heterocycles. The van der Waals surface area contributed by atoms with Gasteiger partial charge < -0.3 is 18.3 Å². The Morgan fingerprint density at radius 2 is 1.54 bits per heavy atom. The highest BCUT2D eigenvalue weighted by atomic mass is 28.4. The first kappa shape index (κ1) is 29.8. The highest BCUT2D eigenvalue weighted by Crippen LogP contribution is 2.36. The van der Waals surface area contributed by atoms with Crippen molar-refractivity contribution in [1.82, 2.24) is 4.57 Å². The molecule has 0 aliphatic carbocycles. The van der Waals surface area contributed by atoms with E-state index in [2.05, 4.69) is 75.9 Å². The Balaban J connectivity index is 1.59. The number of fused-ring (bicyclic) bond motifs is 1. The van der Waals surface area contributed by atoms with E-state index in [1.54, 1.807) is 37.3 Å². The van der Waals surface area contributed by atoms with Crippen LogP contribution in [0.2, 0.25) is 5.04 Å². The van der Waals surface area contributed by atoms with Gasteiger partial charge in [0.25, 0.3) is 8.32 Å². The van der Waals surface area contributed by atoms with E-state index in [4.69, 9.17) is 18.3 Å². The second kappa shape index (κ2) is 13.0. The molecule has 0 aliphatic rings. The largest absolute Gasteiger partial charge is 0.515 e. The number of hydrogen-bond acceptors (Lipinski definition) is 6. The van der Waals surface area contributed by atoms with Crippen molar-refractivity contribution in [2.24, 2.45) is 0 Å². The van der Waals surface area contributed by atoms with Gasteiger partial charge in [-0.15, -0.1) is 0 Å². The topological polar surface area (TPSA) is 79.9 Å². The molecule has 1 heterocycles. The maximum absolute atomic E-state index is 12.8. The minimum atomic E-state index is -2.68. The van der Waals surface area contributed by atoms with E-state index in [0.29, 0.717) is 36.1 Å². The molecule has 0 saturated carbocycles. The van der Waals surface area contributed by atoms with Gasteiger partial charge in [0.1, 0.15) is 6.61 Å². The van der Waals surface area contributed by atoms with Crippen LogP contribution in [0.3, 0.4) is 0 Å². The third kappa shape index (κ3) is 6.78. The summed E-state index contributed by atoms with van der Waals surface area (Å²) in [6, 6.07) is 27.8. The average Bonchev–Trinajstić information content (AvgIpc) is 3.29. The second-order valence-corrected chi connectivity index (χ2v) is 15.3. The van der Waals surface area contributed by atoms with Crippen LogP contribution in [0.1, 0.15) is 40.5 Å². The van der Waals surface area contributed by atoms with Gasteiger partial charge in [-0.3, -0.25) is 0 Å². The van der Waals surface area contributed by atoms with Crippen molar-refractivity contribution in [3.05, 3.63) is 114 Å². The van der Waals surface area contributed by atoms with Gasteiger partial charge in [-0.25, -0.2) is 14.2 Å². The number of carbonyl (C=O) groups excluding carboxylic acids is 1. The highest BCUT2D eigenvalue weighted by molar-refractivity contribution is 6.99. The minimum absolute atomic E-state index is 0.0134. The first-order valence-electron chi connectivity index (χ1n) is 13.7. The van der Waals surface area contributed by atoms with Gasteiger partial charge in [-0.1, -0.05) is 100 Å². The fraction of sp³-hybridized carbons (Fsp3) is 0.273. The summed E-state index contributed by atoms with van der Waals surface area (Å²) in [7, 11) is -2.68. The van der Waals surface area contributed by atoms with E-state index >= 15 is 0 Å². The number of allylic oxidation sites excluding steroid dienone is 1. The molecule has 4 aromatic rings. The Morgan fingerprint density at radius 3 is 2.12 bits per heavy atom. The molecule has 0 fully saturated rings. The summed E-state index contributed by atoms with van der Waals surface area (Å²) < 4.78 is 24.2. The summed E-state index contributed by atoms with van der Waals surface area (Å²) in [5.41, 5.74) is 1.54. The maximum atomic E-state index is 12.8. The molecule has 0 amide bonds. The average molecular weight is 572 g/mol. The summed E-state index contributed by atoms with van der Waals surface area (Å²) in [6.45, 7) is 12.7. The summed E-state index contributed by atoms with van der Waals surface area (Å²) >= 11 is 0. The standard InChI is InChI=1S/C33H37NO6Si/c1-25(2)24-37-32(36)40-30(34-28-20-12-13-21-29(28)39-31(34)35)22-14-15-23-38-41(33(3,4)5,26-16-8-6-9-17-26)27-18-10-7-11-19-27/h6-13,16-22H,1,14-15,23-24H2,2-5H3/b30-22-. The van der Waals surface area contributed by atoms with Gasteiger partial charge in [0.15, 0.2) is 5.58 Å². The number of rotatable bonds is 11. The third-order valence-electron chi connectivity index (χ3n) is 6.73. The highest BCUT2D eigenvalue weighted by Gasteiger charge is 2.49. The molecule has 0 atom stereocenters. The van der Waals surface area contributed by atoms with Crippen LogP contribution in [0.25, 0.3) is 17.0 Å². The number of hydrogen-bond donors (Lipinski definition) is 0. The van der Waals surface area contributed by atoms with Gasteiger partial charge in [0.2, 0.25) is 5.88 Å². The maximum Gasteiger partial charge on any atom is 0.515 e. The molecule has 0 saturated heterocycles. The van der Waals surface area contributed by atoms with Crippen LogP contribution >= 0.6 is 0 Å². The van der Waals surface area contributed by atoms with E-state index < -0.39 is 20.2 Å². The van der Waals surface area contributed by atoms with Crippen molar-refractivity contribution in [3.8, 4) is 0 Å². The molecule has 0 radical (unpaired) electrons. The number of unbranched alkanes of at least 4 members (excludes halogenated alkanes) is 1. The second-order valence-electron chi connectivity index (χ2n) is 11.0. The quantitative estimate of drug-likeness (QED) is 0.0674. The van der Waals surface area contributed by atoms with Crippen LogP contribution in [0, 0.1) is 0 Å². The van der Waals surface area contributed by atoms with Crippen LogP contribution in [-0.2, 0) is 13.9 Å². The van der Waals surface area contributed by atoms with Gasteiger partial charge in [-0.2, -0.15) is 0 Å². The Morgan fingerprint density at radius 1 is 0.951 bits per heavy atom. The zero-order chi connectivity index (χ0) is 29.5. The Hall–Kier alpha value is -4.14. The van der Waals surface area contributed by atoms with Crippen molar-refractivity contribution in [3.63, 3.8) is 0 Å². The Bertz CT molecular complexity index is 1520. The molecule has 3 aromatic carbocycles. The molecule has 1 aromatic heterocycles. The summed E-state index contributed by atoms with van der Waals surface area (Å²) in [5.74, 6) is -0.633. The number of para-hydroxylation sites is 2. The minimum Gasteiger partial charge on any atom is -0.429 e. The van der Waals surface area contributed by atoms with Crippen molar-refractivity contribution >= 4 is 41.8 Å². The molecule has 0 N–H and O–H groups in total.